The second kappa shape index (κ2) is 2.73. The molecule has 0 spiro atoms. The topological polar surface area (TPSA) is 71.4 Å². The van der Waals surface area contributed by atoms with Gasteiger partial charge in [0.05, 0.1) is 6.42 Å². The number of ketones is 2. The van der Waals surface area contributed by atoms with Crippen LogP contribution in [0.4, 0.5) is 0 Å². The van der Waals surface area contributed by atoms with Crippen molar-refractivity contribution in [1.82, 2.24) is 0 Å². The molecule has 0 unspecified atom stereocenters. The average molecular weight is 224 g/mol. The molecule has 0 saturated heterocycles. The summed E-state index contributed by atoms with van der Waals surface area (Å²) in [5.74, 6) is -1.58. The fourth-order valence-electron chi connectivity index (χ4n) is 3.49. The summed E-state index contributed by atoms with van der Waals surface area (Å²) in [5.41, 5.74) is -2.81. The van der Waals surface area contributed by atoms with Crippen LogP contribution in [0.25, 0.3) is 0 Å². The highest BCUT2D eigenvalue weighted by Gasteiger charge is 2.73. The quantitative estimate of drug-likeness (QED) is 0.684. The zero-order valence-corrected chi connectivity index (χ0v) is 9.79. The van der Waals surface area contributed by atoms with Crippen LogP contribution in [0, 0.1) is 16.2 Å². The van der Waals surface area contributed by atoms with Gasteiger partial charge in [-0.25, -0.2) is 0 Å². The first-order chi connectivity index (χ1) is 7.20. The molecule has 0 aromatic heterocycles. The van der Waals surface area contributed by atoms with Crippen LogP contribution in [0.3, 0.4) is 0 Å². The van der Waals surface area contributed by atoms with Gasteiger partial charge in [0.15, 0.2) is 5.78 Å². The zero-order chi connectivity index (χ0) is 12.4. The first kappa shape index (κ1) is 11.3. The summed E-state index contributed by atoms with van der Waals surface area (Å²) in [5, 5.41) is 9.39. The molecule has 4 heteroatoms. The number of hydrogen-bond donors (Lipinski definition) is 1. The van der Waals surface area contributed by atoms with Gasteiger partial charge >= 0.3 is 5.97 Å². The molecule has 0 aromatic carbocycles. The second-order valence-electron chi connectivity index (χ2n) is 5.69. The van der Waals surface area contributed by atoms with E-state index in [1.165, 1.54) is 0 Å². The molecule has 88 valence electrons. The van der Waals surface area contributed by atoms with Gasteiger partial charge in [-0.2, -0.15) is 0 Å². The number of fused-ring (bicyclic) bond motifs is 2. The van der Waals surface area contributed by atoms with Gasteiger partial charge in [0.2, 0.25) is 0 Å². The average Bonchev–Trinajstić information content (AvgIpc) is 2.29. The van der Waals surface area contributed by atoms with Crippen LogP contribution >= 0.6 is 0 Å². The smallest absolute Gasteiger partial charge is 0.317 e. The summed E-state index contributed by atoms with van der Waals surface area (Å²) in [6, 6.07) is 0. The molecule has 16 heavy (non-hydrogen) atoms. The van der Waals surface area contributed by atoms with Crippen LogP contribution in [0.5, 0.6) is 0 Å². The molecule has 2 bridgehead atoms. The second-order valence-corrected chi connectivity index (χ2v) is 5.69. The lowest BCUT2D eigenvalue weighted by Crippen LogP contribution is -2.58. The molecule has 0 aliphatic heterocycles. The Hall–Kier alpha value is -1.19. The highest BCUT2D eigenvalue weighted by molar-refractivity contribution is 6.16. The van der Waals surface area contributed by atoms with Crippen molar-refractivity contribution in [3.63, 3.8) is 0 Å². The highest BCUT2D eigenvalue weighted by Crippen LogP contribution is 2.66. The van der Waals surface area contributed by atoms with E-state index in [9.17, 15) is 19.5 Å². The Morgan fingerprint density at radius 3 is 2.19 bits per heavy atom. The molecule has 2 aliphatic carbocycles. The molecular weight excluding hydrogens is 208 g/mol. The molecule has 4 nitrogen and oxygen atoms in total. The standard InChI is InChI=1S/C12H16O4/c1-10(2)11(3)4-5-12(10,9(15)16)8(14)6-7(11)13/h4-6H2,1-3H3,(H,15,16)/t11-,12-/m1/s1. The summed E-state index contributed by atoms with van der Waals surface area (Å²) >= 11 is 0. The number of hydrogen-bond acceptors (Lipinski definition) is 3. The van der Waals surface area contributed by atoms with Crippen LogP contribution in [0.1, 0.15) is 40.0 Å². The normalized spacial score (nSPS) is 41.2. The van der Waals surface area contributed by atoms with E-state index in [1.807, 2.05) is 0 Å². The fraction of sp³-hybridized carbons (Fsp3) is 0.750. The fourth-order valence-corrected chi connectivity index (χ4v) is 3.49. The van der Waals surface area contributed by atoms with Crippen molar-refractivity contribution in [3.05, 3.63) is 0 Å². The summed E-state index contributed by atoms with van der Waals surface area (Å²) in [7, 11) is 0. The van der Waals surface area contributed by atoms with Crippen LogP contribution in [-0.2, 0) is 14.4 Å². The molecule has 2 saturated carbocycles. The maximum Gasteiger partial charge on any atom is 0.317 e. The Balaban J connectivity index is 2.69. The minimum atomic E-state index is -1.35. The maximum atomic E-state index is 12.0. The number of aliphatic carboxylic acids is 1. The van der Waals surface area contributed by atoms with Crippen molar-refractivity contribution in [2.24, 2.45) is 16.2 Å². The lowest BCUT2D eigenvalue weighted by molar-refractivity contribution is -0.171. The maximum absolute atomic E-state index is 12.0. The molecule has 1 N–H and O–H groups in total. The van der Waals surface area contributed by atoms with Crippen molar-refractivity contribution in [2.75, 3.05) is 0 Å². The van der Waals surface area contributed by atoms with Crippen molar-refractivity contribution in [1.29, 1.82) is 0 Å². The lowest BCUT2D eigenvalue weighted by Gasteiger charge is -2.48. The Morgan fingerprint density at radius 1 is 1.12 bits per heavy atom. The largest absolute Gasteiger partial charge is 0.480 e. The molecule has 0 heterocycles. The summed E-state index contributed by atoms with van der Waals surface area (Å²) in [6.07, 6.45) is 0.569. The number of carboxylic acid groups (broad SMARTS) is 1. The Labute approximate surface area is 94.0 Å². The third kappa shape index (κ3) is 0.851. The van der Waals surface area contributed by atoms with Gasteiger partial charge in [0, 0.05) is 10.8 Å². The molecule has 0 radical (unpaired) electrons. The third-order valence-electron chi connectivity index (χ3n) is 5.22. The van der Waals surface area contributed by atoms with Crippen molar-refractivity contribution < 1.29 is 19.5 Å². The van der Waals surface area contributed by atoms with Gasteiger partial charge < -0.3 is 5.11 Å². The highest BCUT2D eigenvalue weighted by atomic mass is 16.4. The van der Waals surface area contributed by atoms with Crippen molar-refractivity contribution in [2.45, 2.75) is 40.0 Å². The Kier molecular flexibility index (Phi) is 1.93. The molecule has 2 atom stereocenters. The number of carboxylic acids is 1. The lowest BCUT2D eigenvalue weighted by atomic mass is 9.51. The number of carbonyl (C=O) groups excluding carboxylic acids is 2. The summed E-state index contributed by atoms with van der Waals surface area (Å²) in [6.45, 7) is 5.28. The number of Topliss-reactive ketones (excluding diaryl/α,β-unsaturated/α-hetero) is 2. The van der Waals surface area contributed by atoms with Crippen molar-refractivity contribution >= 4 is 17.5 Å². The Morgan fingerprint density at radius 2 is 1.69 bits per heavy atom. The monoisotopic (exact) mass is 224 g/mol. The van der Waals surface area contributed by atoms with E-state index in [4.69, 9.17) is 0 Å². The van der Waals surface area contributed by atoms with Gasteiger partial charge in [-0.05, 0) is 12.8 Å². The van der Waals surface area contributed by atoms with Gasteiger partial charge in [0.25, 0.3) is 0 Å². The minimum Gasteiger partial charge on any atom is -0.480 e. The van der Waals surface area contributed by atoms with E-state index in [2.05, 4.69) is 0 Å². The van der Waals surface area contributed by atoms with E-state index in [-0.39, 0.29) is 18.6 Å². The SMILES string of the molecule is CC1(C)[C@]2(C(=O)O)CC[C@]1(C)C(=O)CC2=O. The van der Waals surface area contributed by atoms with E-state index in [0.717, 1.165) is 0 Å². The molecule has 2 aliphatic rings. The number of carbonyl (C=O) groups is 3. The van der Waals surface area contributed by atoms with Crippen LogP contribution < -0.4 is 0 Å². The van der Waals surface area contributed by atoms with E-state index >= 15 is 0 Å². The molecule has 0 aromatic rings. The summed E-state index contributed by atoms with van der Waals surface area (Å²) < 4.78 is 0. The Bertz CT molecular complexity index is 409. The van der Waals surface area contributed by atoms with E-state index in [0.29, 0.717) is 6.42 Å². The summed E-state index contributed by atoms with van der Waals surface area (Å²) in [4.78, 5) is 35.4. The minimum absolute atomic E-state index is 0.100. The van der Waals surface area contributed by atoms with E-state index in [1.54, 1.807) is 20.8 Å². The zero-order valence-electron chi connectivity index (χ0n) is 9.79. The third-order valence-corrected chi connectivity index (χ3v) is 5.22. The van der Waals surface area contributed by atoms with Gasteiger partial charge in [-0.3, -0.25) is 14.4 Å². The van der Waals surface area contributed by atoms with Gasteiger partial charge in [-0.15, -0.1) is 0 Å². The number of rotatable bonds is 1. The van der Waals surface area contributed by atoms with Crippen LogP contribution in [0.15, 0.2) is 0 Å². The first-order valence-electron chi connectivity index (χ1n) is 5.50. The van der Waals surface area contributed by atoms with Gasteiger partial charge in [-0.1, -0.05) is 20.8 Å². The van der Waals surface area contributed by atoms with E-state index < -0.39 is 28.0 Å². The van der Waals surface area contributed by atoms with Crippen LogP contribution in [0.2, 0.25) is 0 Å². The van der Waals surface area contributed by atoms with Gasteiger partial charge in [0.1, 0.15) is 11.2 Å². The van der Waals surface area contributed by atoms with Crippen molar-refractivity contribution in [3.8, 4) is 0 Å². The molecule has 2 fully saturated rings. The van der Waals surface area contributed by atoms with Crippen LogP contribution in [-0.4, -0.2) is 22.6 Å². The molecule has 2 rings (SSSR count). The first-order valence-corrected chi connectivity index (χ1v) is 5.50. The molecule has 0 amide bonds. The molecular formula is C12H16O4. The predicted octanol–water partition coefficient (Wildman–Crippen LogP) is 1.43. The predicted molar refractivity (Wildman–Crippen MR) is 55.8 cm³/mol.